The van der Waals surface area contributed by atoms with Crippen LogP contribution in [0.1, 0.15) is 44.7 Å². The maximum Gasteiger partial charge on any atom is 0.243 e. The van der Waals surface area contributed by atoms with E-state index < -0.39 is 6.04 Å². The van der Waals surface area contributed by atoms with Crippen LogP contribution in [0.4, 0.5) is 0 Å². The molecule has 0 aromatic heterocycles. The summed E-state index contributed by atoms with van der Waals surface area (Å²) >= 11 is 12.1. The Morgan fingerprint density at radius 3 is 2.24 bits per heavy atom. The fourth-order valence-corrected chi connectivity index (χ4v) is 3.39. The van der Waals surface area contributed by atoms with Gasteiger partial charge in [0.1, 0.15) is 6.04 Å². The molecule has 156 valence electrons. The first kappa shape index (κ1) is 23.2. The minimum Gasteiger partial charge on any atom is -0.352 e. The van der Waals surface area contributed by atoms with E-state index in [1.807, 2.05) is 51.1 Å². The fraction of sp³-hybridized carbons (Fsp3) is 0.391. The Balaban J connectivity index is 2.27. The lowest BCUT2D eigenvalue weighted by Gasteiger charge is -2.31. The van der Waals surface area contributed by atoms with E-state index in [0.29, 0.717) is 23.0 Å². The molecular formula is C23H28Cl2N2O2. The topological polar surface area (TPSA) is 49.4 Å². The lowest BCUT2D eigenvalue weighted by atomic mass is 10.1. The number of hydrogen-bond acceptors (Lipinski definition) is 2. The average molecular weight is 435 g/mol. The van der Waals surface area contributed by atoms with E-state index in [1.165, 1.54) is 0 Å². The molecule has 6 heteroatoms. The molecule has 0 spiro atoms. The molecule has 2 amide bonds. The minimum atomic E-state index is -0.542. The molecular weight excluding hydrogens is 407 g/mol. The van der Waals surface area contributed by atoms with Crippen molar-refractivity contribution in [3.05, 3.63) is 69.7 Å². The van der Waals surface area contributed by atoms with Crippen LogP contribution in [0.25, 0.3) is 0 Å². The smallest absolute Gasteiger partial charge is 0.243 e. The van der Waals surface area contributed by atoms with Gasteiger partial charge in [0.2, 0.25) is 11.8 Å². The Hall–Kier alpha value is -2.04. The molecule has 29 heavy (non-hydrogen) atoms. The van der Waals surface area contributed by atoms with Crippen molar-refractivity contribution in [2.24, 2.45) is 0 Å². The summed E-state index contributed by atoms with van der Waals surface area (Å²) < 4.78 is 0. The predicted octanol–water partition coefficient (Wildman–Crippen LogP) is 5.26. The van der Waals surface area contributed by atoms with Gasteiger partial charge in [-0.3, -0.25) is 9.59 Å². The Morgan fingerprint density at radius 1 is 0.966 bits per heavy atom. The van der Waals surface area contributed by atoms with Crippen LogP contribution in [-0.2, 0) is 22.6 Å². The van der Waals surface area contributed by atoms with Crippen molar-refractivity contribution in [3.63, 3.8) is 0 Å². The maximum absolute atomic E-state index is 13.2. The molecule has 0 heterocycles. The van der Waals surface area contributed by atoms with Crippen LogP contribution in [0.2, 0.25) is 10.0 Å². The second kappa shape index (κ2) is 11.2. The molecule has 0 fully saturated rings. The SMILES string of the molecule is CC[C@H](C)NC(=O)[C@H](CC)N(Cc1ccccc1)C(=O)Cc1ccc(Cl)c(Cl)c1. The molecule has 0 bridgehead atoms. The number of nitrogens with zero attached hydrogens (tertiary/aromatic N) is 1. The summed E-state index contributed by atoms with van der Waals surface area (Å²) in [6.07, 6.45) is 1.51. The zero-order chi connectivity index (χ0) is 21.4. The summed E-state index contributed by atoms with van der Waals surface area (Å²) in [4.78, 5) is 27.8. The summed E-state index contributed by atoms with van der Waals surface area (Å²) in [5, 5.41) is 3.87. The second-order valence-electron chi connectivity index (χ2n) is 7.17. The van der Waals surface area contributed by atoms with Gasteiger partial charge in [-0.15, -0.1) is 0 Å². The van der Waals surface area contributed by atoms with Crippen LogP contribution in [0.5, 0.6) is 0 Å². The number of benzene rings is 2. The third-order valence-electron chi connectivity index (χ3n) is 4.92. The zero-order valence-electron chi connectivity index (χ0n) is 17.1. The first-order chi connectivity index (χ1) is 13.8. The summed E-state index contributed by atoms with van der Waals surface area (Å²) in [6, 6.07) is 14.4. The van der Waals surface area contributed by atoms with E-state index in [-0.39, 0.29) is 24.3 Å². The molecule has 2 aromatic rings. The number of halogens is 2. The van der Waals surface area contributed by atoms with Crippen LogP contribution in [0.3, 0.4) is 0 Å². The average Bonchev–Trinajstić information content (AvgIpc) is 2.71. The van der Waals surface area contributed by atoms with Gasteiger partial charge in [0.05, 0.1) is 16.5 Å². The van der Waals surface area contributed by atoms with Crippen molar-refractivity contribution in [1.29, 1.82) is 0 Å². The predicted molar refractivity (Wildman–Crippen MR) is 119 cm³/mol. The van der Waals surface area contributed by atoms with Crippen LogP contribution in [0.15, 0.2) is 48.5 Å². The monoisotopic (exact) mass is 434 g/mol. The molecule has 4 nitrogen and oxygen atoms in total. The maximum atomic E-state index is 13.2. The Labute approximate surface area is 183 Å². The number of nitrogens with one attached hydrogen (secondary N) is 1. The van der Waals surface area contributed by atoms with Gasteiger partial charge < -0.3 is 10.2 Å². The van der Waals surface area contributed by atoms with Gasteiger partial charge in [0, 0.05) is 12.6 Å². The molecule has 1 N–H and O–H groups in total. The molecule has 2 atom stereocenters. The van der Waals surface area contributed by atoms with E-state index in [9.17, 15) is 9.59 Å². The first-order valence-corrected chi connectivity index (χ1v) is 10.7. The van der Waals surface area contributed by atoms with E-state index in [4.69, 9.17) is 23.2 Å². The van der Waals surface area contributed by atoms with E-state index in [0.717, 1.165) is 17.5 Å². The van der Waals surface area contributed by atoms with Crippen LogP contribution in [-0.4, -0.2) is 28.8 Å². The van der Waals surface area contributed by atoms with Gasteiger partial charge in [-0.25, -0.2) is 0 Å². The highest BCUT2D eigenvalue weighted by Crippen LogP contribution is 2.23. The molecule has 2 aromatic carbocycles. The van der Waals surface area contributed by atoms with Crippen LogP contribution < -0.4 is 5.32 Å². The Morgan fingerprint density at radius 2 is 1.66 bits per heavy atom. The summed E-state index contributed by atoms with van der Waals surface area (Å²) in [6.45, 7) is 6.27. The van der Waals surface area contributed by atoms with Crippen molar-refractivity contribution in [2.75, 3.05) is 0 Å². The highest BCUT2D eigenvalue weighted by atomic mass is 35.5. The van der Waals surface area contributed by atoms with Crippen LogP contribution in [0, 0.1) is 0 Å². The molecule has 0 radical (unpaired) electrons. The lowest BCUT2D eigenvalue weighted by molar-refractivity contribution is -0.141. The minimum absolute atomic E-state index is 0.0558. The third kappa shape index (κ3) is 6.76. The molecule has 0 saturated carbocycles. The number of rotatable bonds is 9. The van der Waals surface area contributed by atoms with Gasteiger partial charge in [0.15, 0.2) is 0 Å². The van der Waals surface area contributed by atoms with Crippen molar-refractivity contribution in [3.8, 4) is 0 Å². The van der Waals surface area contributed by atoms with Crippen molar-refractivity contribution < 1.29 is 9.59 Å². The van der Waals surface area contributed by atoms with Gasteiger partial charge in [-0.1, -0.05) is 73.4 Å². The quantitative estimate of drug-likeness (QED) is 0.584. The molecule has 0 saturated heterocycles. The molecule has 0 aliphatic heterocycles. The van der Waals surface area contributed by atoms with Crippen LogP contribution >= 0.6 is 23.2 Å². The molecule has 0 unspecified atom stereocenters. The normalized spacial score (nSPS) is 12.9. The third-order valence-corrected chi connectivity index (χ3v) is 5.66. The molecule has 0 aliphatic rings. The Bertz CT molecular complexity index is 827. The van der Waals surface area contributed by atoms with E-state index in [1.54, 1.807) is 23.1 Å². The van der Waals surface area contributed by atoms with Gasteiger partial charge in [0.25, 0.3) is 0 Å². The van der Waals surface area contributed by atoms with E-state index >= 15 is 0 Å². The van der Waals surface area contributed by atoms with Gasteiger partial charge in [-0.2, -0.15) is 0 Å². The standard InChI is InChI=1S/C23H28Cl2N2O2/c1-4-16(3)26-23(29)21(5-2)27(15-17-9-7-6-8-10-17)22(28)14-18-11-12-19(24)20(25)13-18/h6-13,16,21H,4-5,14-15H2,1-3H3,(H,26,29)/t16-,21-/m0/s1. The number of carbonyl (C=O) groups excluding carboxylic acids is 2. The lowest BCUT2D eigenvalue weighted by Crippen LogP contribution is -2.51. The Kier molecular flexibility index (Phi) is 8.99. The molecule has 2 rings (SSSR count). The summed E-state index contributed by atoms with van der Waals surface area (Å²) in [7, 11) is 0. The van der Waals surface area contributed by atoms with Gasteiger partial charge in [-0.05, 0) is 43.0 Å². The van der Waals surface area contributed by atoms with E-state index in [2.05, 4.69) is 5.32 Å². The zero-order valence-corrected chi connectivity index (χ0v) is 18.6. The number of hydrogen-bond donors (Lipinski definition) is 1. The second-order valence-corrected chi connectivity index (χ2v) is 7.99. The highest BCUT2D eigenvalue weighted by Gasteiger charge is 2.29. The van der Waals surface area contributed by atoms with Gasteiger partial charge >= 0.3 is 0 Å². The summed E-state index contributed by atoms with van der Waals surface area (Å²) in [5.74, 6) is -0.251. The molecule has 0 aliphatic carbocycles. The van der Waals surface area contributed by atoms with Crippen molar-refractivity contribution >= 4 is 35.0 Å². The van der Waals surface area contributed by atoms with Crippen molar-refractivity contribution in [2.45, 2.75) is 58.7 Å². The number of amides is 2. The van der Waals surface area contributed by atoms with Crippen molar-refractivity contribution in [1.82, 2.24) is 10.2 Å². The fourth-order valence-electron chi connectivity index (χ4n) is 3.07. The highest BCUT2D eigenvalue weighted by molar-refractivity contribution is 6.42. The first-order valence-electron chi connectivity index (χ1n) is 9.93. The number of carbonyl (C=O) groups is 2. The largest absolute Gasteiger partial charge is 0.352 e. The summed E-state index contributed by atoms with van der Waals surface area (Å²) in [5.41, 5.74) is 1.74.